The van der Waals surface area contributed by atoms with Gasteiger partial charge in [0.05, 0.1) is 5.41 Å². The van der Waals surface area contributed by atoms with Crippen LogP contribution >= 0.6 is 0 Å². The first-order valence-corrected chi connectivity index (χ1v) is 18.0. The summed E-state index contributed by atoms with van der Waals surface area (Å²) in [7, 11) is 0. The van der Waals surface area contributed by atoms with Gasteiger partial charge in [0, 0.05) is 28.5 Å². The SMILES string of the molecule is N#Cc1c(-c2ccc3c(c2)C2(c4ccccc4-c4ccccc42)c2cc(-c4nc(-c5ccccc5)nc(-c5ccccc5)n4)ccc2-3)nc2ccccn12. The zero-order valence-corrected chi connectivity index (χ0v) is 28.8. The molecule has 0 atom stereocenters. The van der Waals surface area contributed by atoms with Gasteiger partial charge in [0.25, 0.3) is 0 Å². The van der Waals surface area contributed by atoms with Crippen molar-refractivity contribution in [2.24, 2.45) is 0 Å². The summed E-state index contributed by atoms with van der Waals surface area (Å²) in [5.74, 6) is 1.86. The molecule has 2 aliphatic carbocycles. The number of benzene rings is 6. The third kappa shape index (κ3) is 4.21. The predicted molar refractivity (Wildman–Crippen MR) is 211 cm³/mol. The predicted octanol–water partition coefficient (Wildman–Crippen LogP) is 10.4. The van der Waals surface area contributed by atoms with Crippen LogP contribution in [0.15, 0.2) is 170 Å². The first kappa shape index (κ1) is 30.2. The van der Waals surface area contributed by atoms with Gasteiger partial charge in [0.1, 0.15) is 17.4 Å². The number of aromatic nitrogens is 5. The number of nitriles is 1. The lowest BCUT2D eigenvalue weighted by molar-refractivity contribution is 0.794. The number of fused-ring (bicyclic) bond motifs is 11. The van der Waals surface area contributed by atoms with Gasteiger partial charge in [-0.25, -0.2) is 19.9 Å². The van der Waals surface area contributed by atoms with Crippen LogP contribution in [-0.2, 0) is 5.41 Å². The van der Waals surface area contributed by atoms with E-state index < -0.39 is 5.41 Å². The van der Waals surface area contributed by atoms with Crippen LogP contribution in [0.3, 0.4) is 0 Å². The minimum Gasteiger partial charge on any atom is -0.291 e. The van der Waals surface area contributed by atoms with Crippen molar-refractivity contribution in [1.29, 1.82) is 5.26 Å². The van der Waals surface area contributed by atoms with Crippen LogP contribution in [0.25, 0.3) is 73.3 Å². The average Bonchev–Trinajstić information content (AvgIpc) is 3.88. The summed E-state index contributed by atoms with van der Waals surface area (Å²) in [5, 5.41) is 10.4. The van der Waals surface area contributed by atoms with Gasteiger partial charge in [0.2, 0.25) is 0 Å². The highest BCUT2D eigenvalue weighted by Gasteiger charge is 2.52. The Hall–Kier alpha value is -7.49. The highest BCUT2D eigenvalue weighted by molar-refractivity contribution is 5.96. The van der Waals surface area contributed by atoms with E-state index in [0.29, 0.717) is 28.9 Å². The fraction of sp³-hybridized carbons (Fsp3) is 0.0208. The average molecular weight is 689 g/mol. The molecule has 1 spiro atoms. The van der Waals surface area contributed by atoms with Crippen molar-refractivity contribution in [3.05, 3.63) is 198 Å². The molecule has 3 aromatic heterocycles. The number of nitrogens with zero attached hydrogens (tertiary/aromatic N) is 6. The molecule has 0 radical (unpaired) electrons. The van der Waals surface area contributed by atoms with Gasteiger partial charge in [-0.05, 0) is 68.8 Å². The molecule has 0 fully saturated rings. The smallest absolute Gasteiger partial charge is 0.164 e. The molecule has 2 aliphatic rings. The molecule has 0 amide bonds. The number of pyridine rings is 1. The van der Waals surface area contributed by atoms with Crippen LogP contribution < -0.4 is 0 Å². The lowest BCUT2D eigenvalue weighted by Gasteiger charge is -2.31. The lowest BCUT2D eigenvalue weighted by atomic mass is 9.70. The molecule has 0 aliphatic heterocycles. The van der Waals surface area contributed by atoms with E-state index in [2.05, 4.69) is 91.0 Å². The zero-order valence-electron chi connectivity index (χ0n) is 28.8. The van der Waals surface area contributed by atoms with Crippen molar-refractivity contribution in [2.45, 2.75) is 5.41 Å². The second kappa shape index (κ2) is 11.5. The van der Waals surface area contributed by atoms with Crippen molar-refractivity contribution >= 4 is 5.65 Å². The second-order valence-corrected chi connectivity index (χ2v) is 13.7. The summed E-state index contributed by atoms with van der Waals surface area (Å²) in [6, 6.07) is 59.1. The number of hydrogen-bond acceptors (Lipinski definition) is 5. The Kier molecular flexibility index (Phi) is 6.43. The van der Waals surface area contributed by atoms with Crippen LogP contribution in [0.1, 0.15) is 27.9 Å². The summed E-state index contributed by atoms with van der Waals surface area (Å²) >= 11 is 0. The Labute approximate surface area is 311 Å². The fourth-order valence-corrected chi connectivity index (χ4v) is 8.67. The Morgan fingerprint density at radius 2 is 0.907 bits per heavy atom. The van der Waals surface area contributed by atoms with Crippen molar-refractivity contribution in [3.8, 4) is 73.7 Å². The molecule has 0 saturated heterocycles. The van der Waals surface area contributed by atoms with Crippen LogP contribution in [0.5, 0.6) is 0 Å². The number of hydrogen-bond donors (Lipinski definition) is 0. The van der Waals surface area contributed by atoms with Gasteiger partial charge in [-0.2, -0.15) is 5.26 Å². The monoisotopic (exact) mass is 688 g/mol. The fourth-order valence-electron chi connectivity index (χ4n) is 8.67. The summed E-state index contributed by atoms with van der Waals surface area (Å²) in [5.41, 5.74) is 14.5. The van der Waals surface area contributed by atoms with Crippen LogP contribution in [0.4, 0.5) is 0 Å². The zero-order chi connectivity index (χ0) is 35.8. The van der Waals surface area contributed by atoms with Gasteiger partial charge < -0.3 is 0 Å². The van der Waals surface area contributed by atoms with E-state index in [1.165, 1.54) is 27.8 Å². The largest absolute Gasteiger partial charge is 0.291 e. The highest BCUT2D eigenvalue weighted by atomic mass is 15.0. The van der Waals surface area contributed by atoms with E-state index >= 15 is 0 Å². The standard InChI is InChI=1S/C48H28N6/c49-29-42-44(50-43-21-11-12-26-54(42)43)32-22-24-36-37-25-23-33(47-52-45(30-13-3-1-4-14-30)51-46(53-47)31-15-5-2-6-16-31)28-41(37)48(40(36)27-32)38-19-9-7-17-34(38)35-18-8-10-20-39(35)48/h1-28H. The molecular formula is C48H28N6. The minimum atomic E-state index is -0.632. The molecule has 6 heteroatoms. The number of rotatable bonds is 4. The molecule has 9 aromatic rings. The Bertz CT molecular complexity index is 2910. The highest BCUT2D eigenvalue weighted by Crippen LogP contribution is 2.63. The topological polar surface area (TPSA) is 79.8 Å². The first-order valence-electron chi connectivity index (χ1n) is 18.0. The lowest BCUT2D eigenvalue weighted by Crippen LogP contribution is -2.26. The molecule has 11 rings (SSSR count). The maximum atomic E-state index is 10.4. The molecule has 3 heterocycles. The maximum absolute atomic E-state index is 10.4. The molecule has 0 N–H and O–H groups in total. The molecule has 0 unspecified atom stereocenters. The second-order valence-electron chi connectivity index (χ2n) is 13.7. The van der Waals surface area contributed by atoms with Crippen LogP contribution in [-0.4, -0.2) is 24.3 Å². The van der Waals surface area contributed by atoms with E-state index in [-0.39, 0.29) is 0 Å². The molecule has 0 saturated carbocycles. The van der Waals surface area contributed by atoms with Gasteiger partial charge in [0.15, 0.2) is 23.2 Å². The first-order chi connectivity index (χ1) is 26.7. The molecule has 250 valence electrons. The summed E-state index contributed by atoms with van der Waals surface area (Å²) in [6.07, 6.45) is 1.90. The van der Waals surface area contributed by atoms with E-state index in [0.717, 1.165) is 44.6 Å². The Balaban J connectivity index is 1.18. The van der Waals surface area contributed by atoms with Crippen molar-refractivity contribution in [1.82, 2.24) is 24.3 Å². The summed E-state index contributed by atoms with van der Waals surface area (Å²) < 4.78 is 1.86. The Morgan fingerprint density at radius 1 is 0.426 bits per heavy atom. The van der Waals surface area contributed by atoms with Crippen molar-refractivity contribution in [3.63, 3.8) is 0 Å². The van der Waals surface area contributed by atoms with Gasteiger partial charge in [-0.1, -0.05) is 140 Å². The van der Waals surface area contributed by atoms with Crippen LogP contribution in [0.2, 0.25) is 0 Å². The van der Waals surface area contributed by atoms with Gasteiger partial charge in [-0.3, -0.25) is 4.40 Å². The quantitative estimate of drug-likeness (QED) is 0.184. The summed E-state index contributed by atoms with van der Waals surface area (Å²) in [4.78, 5) is 20.1. The molecular weight excluding hydrogens is 661 g/mol. The summed E-state index contributed by atoms with van der Waals surface area (Å²) in [6.45, 7) is 0. The Morgan fingerprint density at radius 3 is 1.50 bits per heavy atom. The molecule has 0 bridgehead atoms. The normalized spacial score (nSPS) is 12.9. The third-order valence-electron chi connectivity index (χ3n) is 11.0. The van der Waals surface area contributed by atoms with Crippen LogP contribution in [0, 0.1) is 11.3 Å². The van der Waals surface area contributed by atoms with Gasteiger partial charge >= 0.3 is 0 Å². The molecule has 6 nitrogen and oxygen atoms in total. The van der Waals surface area contributed by atoms with Crippen molar-refractivity contribution < 1.29 is 0 Å². The minimum absolute atomic E-state index is 0.517. The molecule has 54 heavy (non-hydrogen) atoms. The van der Waals surface area contributed by atoms with E-state index in [1.54, 1.807) is 0 Å². The maximum Gasteiger partial charge on any atom is 0.164 e. The van der Waals surface area contributed by atoms with Gasteiger partial charge in [-0.15, -0.1) is 0 Å². The molecule has 6 aromatic carbocycles. The number of imidazole rings is 1. The van der Waals surface area contributed by atoms with E-state index in [4.69, 9.17) is 19.9 Å². The third-order valence-corrected chi connectivity index (χ3v) is 11.0. The van der Waals surface area contributed by atoms with Crippen molar-refractivity contribution in [2.75, 3.05) is 0 Å². The van der Waals surface area contributed by atoms with E-state index in [9.17, 15) is 5.26 Å². The van der Waals surface area contributed by atoms with E-state index in [1.807, 2.05) is 89.5 Å².